The Hall–Kier alpha value is -2.39. The standard InChI is InChI=1S/C24H30N2S/c1-7-8-17(2)19-11-15-22(16-12-19)26-23(27)25-18(3)20-9-13-21(14-10-20)24(4,5)6/h9-16H,2-3,7-8H2,1,4-6H3,(H2,25,26,27). The summed E-state index contributed by atoms with van der Waals surface area (Å²) in [7, 11) is 0. The predicted molar refractivity (Wildman–Crippen MR) is 124 cm³/mol. The highest BCUT2D eigenvalue weighted by Gasteiger charge is 2.13. The molecule has 0 aliphatic carbocycles. The highest BCUT2D eigenvalue weighted by molar-refractivity contribution is 7.80. The number of nitrogens with one attached hydrogen (secondary N) is 2. The lowest BCUT2D eigenvalue weighted by molar-refractivity contribution is 0.590. The maximum Gasteiger partial charge on any atom is 0.175 e. The highest BCUT2D eigenvalue weighted by Crippen LogP contribution is 2.23. The lowest BCUT2D eigenvalue weighted by Crippen LogP contribution is -2.26. The van der Waals surface area contributed by atoms with Gasteiger partial charge in [0.2, 0.25) is 0 Å². The van der Waals surface area contributed by atoms with Crippen LogP contribution < -0.4 is 10.6 Å². The van der Waals surface area contributed by atoms with E-state index in [-0.39, 0.29) is 5.41 Å². The Bertz CT molecular complexity index is 809. The van der Waals surface area contributed by atoms with Gasteiger partial charge in [-0.05, 0) is 58.4 Å². The normalized spacial score (nSPS) is 11.0. The van der Waals surface area contributed by atoms with E-state index in [1.807, 2.05) is 12.1 Å². The number of benzene rings is 2. The van der Waals surface area contributed by atoms with E-state index in [9.17, 15) is 0 Å². The summed E-state index contributed by atoms with van der Waals surface area (Å²) in [5.74, 6) is 0. The second-order valence-corrected chi connectivity index (χ2v) is 8.22. The molecule has 2 rings (SSSR count). The fourth-order valence-electron chi connectivity index (χ4n) is 2.78. The summed E-state index contributed by atoms with van der Waals surface area (Å²) in [6.45, 7) is 17.0. The molecule has 27 heavy (non-hydrogen) atoms. The van der Waals surface area contributed by atoms with E-state index >= 15 is 0 Å². The average molecular weight is 379 g/mol. The molecule has 0 aromatic heterocycles. The van der Waals surface area contributed by atoms with Crippen LogP contribution in [0.5, 0.6) is 0 Å². The van der Waals surface area contributed by atoms with E-state index in [1.165, 1.54) is 11.1 Å². The summed E-state index contributed by atoms with van der Waals surface area (Å²) in [4.78, 5) is 0. The SMILES string of the molecule is C=C(CCC)c1ccc(NC(=S)NC(=C)c2ccc(C(C)(C)C)cc2)cc1. The molecule has 0 saturated heterocycles. The zero-order valence-corrected chi connectivity index (χ0v) is 17.7. The number of anilines is 1. The van der Waals surface area contributed by atoms with Crippen molar-refractivity contribution in [2.75, 3.05) is 5.32 Å². The second kappa shape index (κ2) is 9.01. The number of thiocarbonyl (C=S) groups is 1. The third kappa shape index (κ3) is 6.07. The van der Waals surface area contributed by atoms with Gasteiger partial charge in [0.25, 0.3) is 0 Å². The minimum atomic E-state index is 0.138. The third-order valence-electron chi connectivity index (χ3n) is 4.47. The zero-order valence-electron chi connectivity index (χ0n) is 16.9. The maximum absolute atomic E-state index is 5.42. The van der Waals surface area contributed by atoms with Crippen LogP contribution in [0, 0.1) is 0 Å². The van der Waals surface area contributed by atoms with Gasteiger partial charge in [0, 0.05) is 11.4 Å². The summed E-state index contributed by atoms with van der Waals surface area (Å²) < 4.78 is 0. The molecule has 0 spiro atoms. The van der Waals surface area contributed by atoms with Crippen LogP contribution in [0.3, 0.4) is 0 Å². The van der Waals surface area contributed by atoms with Crippen molar-refractivity contribution in [1.29, 1.82) is 0 Å². The van der Waals surface area contributed by atoms with E-state index in [0.717, 1.165) is 35.4 Å². The average Bonchev–Trinajstić information content (AvgIpc) is 2.61. The number of rotatable bonds is 6. The van der Waals surface area contributed by atoms with Crippen molar-refractivity contribution in [2.45, 2.75) is 46.0 Å². The lowest BCUT2D eigenvalue weighted by Gasteiger charge is -2.20. The first-order chi connectivity index (χ1) is 12.7. The minimum Gasteiger partial charge on any atom is -0.332 e. The topological polar surface area (TPSA) is 24.1 Å². The van der Waals surface area contributed by atoms with Gasteiger partial charge >= 0.3 is 0 Å². The van der Waals surface area contributed by atoms with Crippen LogP contribution in [0.25, 0.3) is 11.3 Å². The Morgan fingerprint density at radius 1 is 0.926 bits per heavy atom. The number of hydrogen-bond donors (Lipinski definition) is 2. The molecule has 0 unspecified atom stereocenters. The van der Waals surface area contributed by atoms with Crippen molar-refractivity contribution in [2.24, 2.45) is 0 Å². The summed E-state index contributed by atoms with van der Waals surface area (Å²) >= 11 is 5.42. The van der Waals surface area contributed by atoms with Crippen molar-refractivity contribution >= 4 is 34.3 Å². The molecule has 0 bridgehead atoms. The van der Waals surface area contributed by atoms with Crippen LogP contribution in [0.15, 0.2) is 61.7 Å². The van der Waals surface area contributed by atoms with Crippen molar-refractivity contribution in [3.8, 4) is 0 Å². The molecule has 0 heterocycles. The molecule has 2 aromatic carbocycles. The molecule has 0 fully saturated rings. The first-order valence-corrected chi connectivity index (χ1v) is 9.77. The van der Waals surface area contributed by atoms with Gasteiger partial charge in [0.15, 0.2) is 5.11 Å². The first kappa shape index (κ1) is 20.9. The molecular formula is C24H30N2S. The summed E-state index contributed by atoms with van der Waals surface area (Å²) in [6.07, 6.45) is 2.12. The van der Waals surface area contributed by atoms with Crippen LogP contribution >= 0.6 is 12.2 Å². The Morgan fingerprint density at radius 3 is 2.00 bits per heavy atom. The molecule has 0 aliphatic rings. The molecule has 2 aromatic rings. The van der Waals surface area contributed by atoms with Gasteiger partial charge in [-0.25, -0.2) is 0 Å². The molecule has 0 radical (unpaired) electrons. The second-order valence-electron chi connectivity index (χ2n) is 7.82. The largest absolute Gasteiger partial charge is 0.332 e. The van der Waals surface area contributed by atoms with Gasteiger partial charge in [0.1, 0.15) is 0 Å². The van der Waals surface area contributed by atoms with Crippen molar-refractivity contribution in [1.82, 2.24) is 5.32 Å². The Kier molecular flexibility index (Phi) is 6.98. The molecule has 142 valence electrons. The minimum absolute atomic E-state index is 0.138. The summed E-state index contributed by atoms with van der Waals surface area (Å²) in [6, 6.07) is 16.6. The Balaban J connectivity index is 1.95. The summed E-state index contributed by atoms with van der Waals surface area (Å²) in [5, 5.41) is 6.90. The van der Waals surface area contributed by atoms with E-state index in [2.05, 4.69) is 87.9 Å². The molecule has 0 amide bonds. The van der Waals surface area contributed by atoms with E-state index in [4.69, 9.17) is 12.2 Å². The molecule has 2 nitrogen and oxygen atoms in total. The molecule has 0 aliphatic heterocycles. The molecular weight excluding hydrogens is 348 g/mol. The van der Waals surface area contributed by atoms with Crippen molar-refractivity contribution in [3.05, 3.63) is 78.4 Å². The maximum atomic E-state index is 5.42. The molecule has 3 heteroatoms. The smallest absolute Gasteiger partial charge is 0.175 e. The van der Waals surface area contributed by atoms with Gasteiger partial charge in [-0.15, -0.1) is 0 Å². The van der Waals surface area contributed by atoms with Crippen LogP contribution in [-0.4, -0.2) is 5.11 Å². The third-order valence-corrected chi connectivity index (χ3v) is 4.67. The molecule has 2 N–H and O–H groups in total. The first-order valence-electron chi connectivity index (χ1n) is 9.36. The van der Waals surface area contributed by atoms with E-state index in [0.29, 0.717) is 5.11 Å². The lowest BCUT2D eigenvalue weighted by atomic mass is 9.86. The number of allylic oxidation sites excluding steroid dienone is 1. The fraction of sp³-hybridized carbons (Fsp3) is 0.292. The fourth-order valence-corrected chi connectivity index (χ4v) is 3.02. The van der Waals surface area contributed by atoms with Crippen molar-refractivity contribution in [3.63, 3.8) is 0 Å². The molecule has 0 saturated carbocycles. The van der Waals surface area contributed by atoms with Crippen LogP contribution in [-0.2, 0) is 5.41 Å². The monoisotopic (exact) mass is 378 g/mol. The van der Waals surface area contributed by atoms with Gasteiger partial charge in [-0.1, -0.05) is 83.7 Å². The van der Waals surface area contributed by atoms with E-state index < -0.39 is 0 Å². The highest BCUT2D eigenvalue weighted by atomic mass is 32.1. The van der Waals surface area contributed by atoms with Gasteiger partial charge < -0.3 is 10.6 Å². The number of hydrogen-bond acceptors (Lipinski definition) is 1. The zero-order chi connectivity index (χ0) is 20.0. The molecule has 0 atom stereocenters. The van der Waals surface area contributed by atoms with Crippen LogP contribution in [0.4, 0.5) is 5.69 Å². The van der Waals surface area contributed by atoms with Gasteiger partial charge in [-0.2, -0.15) is 0 Å². The summed E-state index contributed by atoms with van der Waals surface area (Å²) in [5.41, 5.74) is 6.51. The van der Waals surface area contributed by atoms with Crippen LogP contribution in [0.1, 0.15) is 57.2 Å². The Labute approximate surface area is 169 Å². The quantitative estimate of drug-likeness (QED) is 0.543. The van der Waals surface area contributed by atoms with Crippen molar-refractivity contribution < 1.29 is 0 Å². The predicted octanol–water partition coefficient (Wildman–Crippen LogP) is 6.75. The van der Waals surface area contributed by atoms with Gasteiger partial charge in [-0.3, -0.25) is 0 Å². The van der Waals surface area contributed by atoms with E-state index in [1.54, 1.807) is 0 Å². The Morgan fingerprint density at radius 2 is 1.48 bits per heavy atom. The van der Waals surface area contributed by atoms with Gasteiger partial charge in [0.05, 0.1) is 0 Å². The van der Waals surface area contributed by atoms with Crippen LogP contribution in [0.2, 0.25) is 0 Å².